The fourth-order valence-corrected chi connectivity index (χ4v) is 5.58. The highest BCUT2D eigenvalue weighted by atomic mass is 32.2. The Morgan fingerprint density at radius 1 is 1.16 bits per heavy atom. The first-order valence-electron chi connectivity index (χ1n) is 11.0. The minimum absolute atomic E-state index is 0.0835. The number of rotatable bonds is 10. The van der Waals surface area contributed by atoms with Crippen LogP contribution < -0.4 is 4.90 Å². The molecule has 0 saturated carbocycles. The number of fused-ring (bicyclic) bond motifs is 1. The molecule has 1 fully saturated rings. The molecule has 2 aromatic carbocycles. The molecule has 1 amide bonds. The number of thioether (sulfide) groups is 1. The first-order valence-corrected chi connectivity index (χ1v) is 12.8. The van der Waals surface area contributed by atoms with E-state index in [2.05, 4.69) is 22.0 Å². The Bertz CT molecular complexity index is 1010. The van der Waals surface area contributed by atoms with E-state index in [-0.39, 0.29) is 11.7 Å². The van der Waals surface area contributed by atoms with Gasteiger partial charge in [0.05, 0.1) is 23.4 Å². The van der Waals surface area contributed by atoms with Gasteiger partial charge in [0.15, 0.2) is 5.13 Å². The van der Waals surface area contributed by atoms with Gasteiger partial charge in [-0.25, -0.2) is 9.37 Å². The second-order valence-corrected chi connectivity index (χ2v) is 9.90. The lowest BCUT2D eigenvalue weighted by Crippen LogP contribution is -2.39. The Balaban J connectivity index is 1.37. The maximum absolute atomic E-state index is 13.6. The molecule has 0 aliphatic carbocycles. The van der Waals surface area contributed by atoms with Crippen molar-refractivity contribution in [3.8, 4) is 0 Å². The van der Waals surface area contributed by atoms with Crippen molar-refractivity contribution < 1.29 is 13.9 Å². The number of morpholine rings is 1. The van der Waals surface area contributed by atoms with Crippen molar-refractivity contribution >= 4 is 44.4 Å². The maximum Gasteiger partial charge on any atom is 0.228 e. The number of amides is 1. The van der Waals surface area contributed by atoms with Crippen LogP contribution in [0.1, 0.15) is 19.3 Å². The van der Waals surface area contributed by atoms with Crippen LogP contribution in [-0.4, -0.2) is 60.9 Å². The molecule has 0 unspecified atom stereocenters. The summed E-state index contributed by atoms with van der Waals surface area (Å²) in [5.41, 5.74) is 0.733. The molecule has 1 aromatic heterocycles. The Morgan fingerprint density at radius 3 is 2.78 bits per heavy atom. The van der Waals surface area contributed by atoms with Crippen LogP contribution in [0.2, 0.25) is 0 Å². The molecule has 3 aromatic rings. The van der Waals surface area contributed by atoms with E-state index in [1.807, 2.05) is 18.2 Å². The summed E-state index contributed by atoms with van der Waals surface area (Å²) >= 11 is 3.15. The van der Waals surface area contributed by atoms with Crippen molar-refractivity contribution in [1.29, 1.82) is 0 Å². The third-order valence-corrected chi connectivity index (χ3v) is 7.52. The van der Waals surface area contributed by atoms with Crippen molar-refractivity contribution in [1.82, 2.24) is 9.88 Å². The number of carbonyl (C=O) groups is 1. The topological polar surface area (TPSA) is 45.7 Å². The summed E-state index contributed by atoms with van der Waals surface area (Å²) in [6.45, 7) is 4.95. The molecular formula is C24H28FN3O2S2. The van der Waals surface area contributed by atoms with Gasteiger partial charge in [-0.2, -0.15) is 0 Å². The quantitative estimate of drug-likeness (QED) is 0.304. The van der Waals surface area contributed by atoms with E-state index in [0.717, 1.165) is 61.7 Å². The summed E-state index contributed by atoms with van der Waals surface area (Å²) in [7, 11) is 0. The van der Waals surface area contributed by atoms with Gasteiger partial charge in [-0.15, -0.1) is 11.8 Å². The Labute approximate surface area is 196 Å². The van der Waals surface area contributed by atoms with Gasteiger partial charge in [0.25, 0.3) is 0 Å². The predicted molar refractivity (Wildman–Crippen MR) is 130 cm³/mol. The van der Waals surface area contributed by atoms with Gasteiger partial charge in [0, 0.05) is 37.5 Å². The minimum Gasteiger partial charge on any atom is -0.379 e. The zero-order chi connectivity index (χ0) is 22.2. The van der Waals surface area contributed by atoms with Crippen LogP contribution in [0, 0.1) is 5.82 Å². The van der Waals surface area contributed by atoms with E-state index in [1.54, 1.807) is 22.7 Å². The van der Waals surface area contributed by atoms with Gasteiger partial charge >= 0.3 is 0 Å². The van der Waals surface area contributed by atoms with Crippen molar-refractivity contribution in [2.45, 2.75) is 24.2 Å². The standard InChI is InChI=1S/C24H28FN3O2S2/c25-19-9-10-21-22(18-19)32-24(26-21)28(12-5-11-27-13-15-30-16-14-27)23(29)8-4-17-31-20-6-2-1-3-7-20/h1-3,6-7,9-10,18H,4-5,8,11-17H2. The highest BCUT2D eigenvalue weighted by Crippen LogP contribution is 2.30. The summed E-state index contributed by atoms with van der Waals surface area (Å²) < 4.78 is 19.8. The second-order valence-electron chi connectivity index (χ2n) is 7.73. The van der Waals surface area contributed by atoms with Crippen molar-refractivity contribution in [2.75, 3.05) is 50.0 Å². The molecule has 0 bridgehead atoms. The first kappa shape index (κ1) is 23.2. The largest absolute Gasteiger partial charge is 0.379 e. The zero-order valence-corrected chi connectivity index (χ0v) is 19.7. The first-order chi connectivity index (χ1) is 15.7. The number of thiazole rings is 1. The average molecular weight is 474 g/mol. The number of anilines is 1. The van der Waals surface area contributed by atoms with Crippen molar-refractivity contribution in [3.05, 3.63) is 54.3 Å². The summed E-state index contributed by atoms with van der Waals surface area (Å²) in [6.07, 6.45) is 2.15. The number of carbonyl (C=O) groups excluding carboxylic acids is 1. The number of aromatic nitrogens is 1. The van der Waals surface area contributed by atoms with Crippen LogP contribution in [0.25, 0.3) is 10.2 Å². The van der Waals surface area contributed by atoms with E-state index >= 15 is 0 Å². The van der Waals surface area contributed by atoms with Gasteiger partial charge in [-0.1, -0.05) is 29.5 Å². The van der Waals surface area contributed by atoms with E-state index in [4.69, 9.17) is 4.74 Å². The van der Waals surface area contributed by atoms with Gasteiger partial charge in [0.1, 0.15) is 5.82 Å². The smallest absolute Gasteiger partial charge is 0.228 e. The lowest BCUT2D eigenvalue weighted by Gasteiger charge is -2.27. The second kappa shape index (κ2) is 11.7. The van der Waals surface area contributed by atoms with Crippen molar-refractivity contribution in [2.24, 2.45) is 0 Å². The molecule has 4 rings (SSSR count). The van der Waals surface area contributed by atoms with Gasteiger partial charge < -0.3 is 4.74 Å². The molecule has 0 radical (unpaired) electrons. The number of benzene rings is 2. The van der Waals surface area contributed by atoms with Crippen LogP contribution in [-0.2, 0) is 9.53 Å². The van der Waals surface area contributed by atoms with E-state index in [9.17, 15) is 9.18 Å². The fraction of sp³-hybridized carbons (Fsp3) is 0.417. The minimum atomic E-state index is -0.282. The molecule has 0 N–H and O–H groups in total. The number of halogens is 1. The molecule has 1 aliphatic rings. The molecule has 32 heavy (non-hydrogen) atoms. The van der Waals surface area contributed by atoms with Gasteiger partial charge in [0.2, 0.25) is 5.91 Å². The number of nitrogens with zero attached hydrogens (tertiary/aromatic N) is 3. The molecular weight excluding hydrogens is 445 g/mol. The lowest BCUT2D eigenvalue weighted by atomic mass is 10.2. The van der Waals surface area contributed by atoms with Crippen LogP contribution in [0.5, 0.6) is 0 Å². The molecule has 0 atom stereocenters. The molecule has 8 heteroatoms. The highest BCUT2D eigenvalue weighted by Gasteiger charge is 2.20. The highest BCUT2D eigenvalue weighted by molar-refractivity contribution is 7.99. The zero-order valence-electron chi connectivity index (χ0n) is 18.0. The SMILES string of the molecule is O=C(CCCSc1ccccc1)N(CCCN1CCOCC1)c1nc2ccc(F)cc2s1. The molecule has 170 valence electrons. The number of ether oxygens (including phenoxy) is 1. The molecule has 0 spiro atoms. The number of hydrogen-bond acceptors (Lipinski definition) is 6. The van der Waals surface area contributed by atoms with E-state index < -0.39 is 0 Å². The van der Waals surface area contributed by atoms with Gasteiger partial charge in [-0.05, 0) is 48.9 Å². The number of hydrogen-bond donors (Lipinski definition) is 0. The molecule has 1 aliphatic heterocycles. The van der Waals surface area contributed by atoms with Crippen LogP contribution in [0.3, 0.4) is 0 Å². The monoisotopic (exact) mass is 473 g/mol. The predicted octanol–water partition coefficient (Wildman–Crippen LogP) is 5.06. The molecule has 2 heterocycles. The van der Waals surface area contributed by atoms with E-state index in [1.165, 1.54) is 28.4 Å². The molecule has 1 saturated heterocycles. The van der Waals surface area contributed by atoms with Crippen molar-refractivity contribution in [3.63, 3.8) is 0 Å². The summed E-state index contributed by atoms with van der Waals surface area (Å²) in [4.78, 5) is 23.2. The Hall–Kier alpha value is -2.00. The maximum atomic E-state index is 13.6. The fourth-order valence-electron chi connectivity index (χ4n) is 3.67. The van der Waals surface area contributed by atoms with Gasteiger partial charge in [-0.3, -0.25) is 14.6 Å². The lowest BCUT2D eigenvalue weighted by molar-refractivity contribution is -0.118. The Kier molecular flexibility index (Phi) is 8.50. The van der Waals surface area contributed by atoms with Crippen LogP contribution >= 0.6 is 23.1 Å². The Morgan fingerprint density at radius 2 is 1.97 bits per heavy atom. The summed E-state index contributed by atoms with van der Waals surface area (Å²) in [6, 6.07) is 14.8. The summed E-state index contributed by atoms with van der Waals surface area (Å²) in [5.74, 6) is 0.693. The third kappa shape index (κ3) is 6.51. The summed E-state index contributed by atoms with van der Waals surface area (Å²) in [5, 5.41) is 0.660. The van der Waals surface area contributed by atoms with E-state index in [0.29, 0.717) is 18.1 Å². The third-order valence-electron chi connectivity index (χ3n) is 5.38. The molecule has 5 nitrogen and oxygen atoms in total. The average Bonchev–Trinajstić information content (AvgIpc) is 3.23. The normalized spacial score (nSPS) is 14.7. The van der Waals surface area contributed by atoms with Crippen LogP contribution in [0.15, 0.2) is 53.4 Å². The van der Waals surface area contributed by atoms with Crippen LogP contribution in [0.4, 0.5) is 9.52 Å².